The molecule has 3 rings (SSSR count). The number of rotatable bonds is 2. The zero-order chi connectivity index (χ0) is 11.8. The Balaban J connectivity index is 2.25. The van der Waals surface area contributed by atoms with E-state index in [9.17, 15) is 0 Å². The summed E-state index contributed by atoms with van der Waals surface area (Å²) in [7, 11) is 0. The third kappa shape index (κ3) is 1.59. The molecule has 0 spiro atoms. The Bertz CT molecular complexity index is 541. The third-order valence-electron chi connectivity index (χ3n) is 3.81. The van der Waals surface area contributed by atoms with Crippen LogP contribution in [0.15, 0.2) is 18.2 Å². The summed E-state index contributed by atoms with van der Waals surface area (Å²) in [6.07, 6.45) is 3.42. The predicted molar refractivity (Wildman–Crippen MR) is 70.4 cm³/mol. The molecule has 1 aromatic carbocycles. The number of aromatic amines is 1. The standard InChI is InChI=1S/C15H19NO/c1-3-10-6-5-7-11-12-8-9-17-13(4-2)15(12)16-14(10)11/h5-7,13,16H,3-4,8-9H2,1-2H3. The monoisotopic (exact) mass is 229 g/mol. The van der Waals surface area contributed by atoms with Crippen molar-refractivity contribution >= 4 is 10.9 Å². The van der Waals surface area contributed by atoms with Crippen molar-refractivity contribution in [3.05, 3.63) is 35.0 Å². The van der Waals surface area contributed by atoms with Crippen LogP contribution < -0.4 is 0 Å². The van der Waals surface area contributed by atoms with Gasteiger partial charge in [-0.25, -0.2) is 0 Å². The van der Waals surface area contributed by atoms with Gasteiger partial charge in [-0.3, -0.25) is 0 Å². The number of hydrogen-bond acceptors (Lipinski definition) is 1. The lowest BCUT2D eigenvalue weighted by molar-refractivity contribution is 0.0377. The number of ether oxygens (including phenoxy) is 1. The molecule has 1 aliphatic rings. The molecule has 0 bridgehead atoms. The summed E-state index contributed by atoms with van der Waals surface area (Å²) in [5, 5.41) is 1.40. The molecular formula is C15H19NO. The minimum absolute atomic E-state index is 0.260. The molecule has 1 aliphatic heterocycles. The van der Waals surface area contributed by atoms with Gasteiger partial charge in [-0.15, -0.1) is 0 Å². The van der Waals surface area contributed by atoms with E-state index in [1.165, 1.54) is 27.7 Å². The van der Waals surface area contributed by atoms with E-state index in [-0.39, 0.29) is 6.10 Å². The fraction of sp³-hybridized carbons (Fsp3) is 0.467. The molecule has 2 nitrogen and oxygen atoms in total. The number of benzene rings is 1. The molecule has 1 unspecified atom stereocenters. The molecule has 2 heterocycles. The summed E-state index contributed by atoms with van der Waals surface area (Å²) in [6, 6.07) is 6.62. The topological polar surface area (TPSA) is 25.0 Å². The lowest BCUT2D eigenvalue weighted by Gasteiger charge is -2.22. The molecule has 0 saturated heterocycles. The Kier molecular flexibility index (Phi) is 2.67. The average Bonchev–Trinajstić information content (AvgIpc) is 2.77. The van der Waals surface area contributed by atoms with Crippen LogP contribution >= 0.6 is 0 Å². The highest BCUT2D eigenvalue weighted by molar-refractivity contribution is 5.87. The van der Waals surface area contributed by atoms with Crippen LogP contribution in [-0.2, 0) is 17.6 Å². The van der Waals surface area contributed by atoms with Gasteiger partial charge in [-0.2, -0.15) is 0 Å². The summed E-state index contributed by atoms with van der Waals surface area (Å²) < 4.78 is 5.83. The summed E-state index contributed by atoms with van der Waals surface area (Å²) in [6.45, 7) is 5.25. The average molecular weight is 229 g/mol. The first kappa shape index (κ1) is 10.8. The van der Waals surface area contributed by atoms with Crippen molar-refractivity contribution in [3.8, 4) is 0 Å². The van der Waals surface area contributed by atoms with E-state index >= 15 is 0 Å². The first-order valence-electron chi connectivity index (χ1n) is 6.59. The van der Waals surface area contributed by atoms with Gasteiger partial charge < -0.3 is 9.72 Å². The second-order valence-corrected chi connectivity index (χ2v) is 4.73. The van der Waals surface area contributed by atoms with Crippen molar-refractivity contribution in [2.75, 3.05) is 6.61 Å². The molecule has 0 aliphatic carbocycles. The molecule has 17 heavy (non-hydrogen) atoms. The van der Waals surface area contributed by atoms with Crippen LogP contribution in [0.3, 0.4) is 0 Å². The Labute approximate surface area is 102 Å². The molecule has 2 aromatic rings. The van der Waals surface area contributed by atoms with Gasteiger partial charge in [-0.1, -0.05) is 32.0 Å². The molecule has 0 fully saturated rings. The highest BCUT2D eigenvalue weighted by Gasteiger charge is 2.23. The molecule has 2 heteroatoms. The second-order valence-electron chi connectivity index (χ2n) is 4.73. The number of fused-ring (bicyclic) bond motifs is 3. The second kappa shape index (κ2) is 4.19. The Morgan fingerprint density at radius 3 is 3.00 bits per heavy atom. The maximum atomic E-state index is 5.83. The molecule has 0 saturated carbocycles. The smallest absolute Gasteiger partial charge is 0.0973 e. The van der Waals surface area contributed by atoms with Crippen LogP contribution in [0.5, 0.6) is 0 Å². The first-order valence-corrected chi connectivity index (χ1v) is 6.59. The molecule has 1 N–H and O–H groups in total. The normalized spacial score (nSPS) is 19.5. The summed E-state index contributed by atoms with van der Waals surface area (Å²) >= 11 is 0. The zero-order valence-corrected chi connectivity index (χ0v) is 10.5. The minimum atomic E-state index is 0.260. The quantitative estimate of drug-likeness (QED) is 0.833. The van der Waals surface area contributed by atoms with Crippen LogP contribution in [0.4, 0.5) is 0 Å². The van der Waals surface area contributed by atoms with Crippen LogP contribution in [-0.4, -0.2) is 11.6 Å². The minimum Gasteiger partial charge on any atom is -0.372 e. The predicted octanol–water partition coefficient (Wildman–Crippen LogP) is 3.75. The molecule has 0 radical (unpaired) electrons. The fourth-order valence-electron chi connectivity index (χ4n) is 2.90. The summed E-state index contributed by atoms with van der Waals surface area (Å²) in [5.41, 5.74) is 5.53. The van der Waals surface area contributed by atoms with Crippen LogP contribution in [0.1, 0.15) is 43.2 Å². The van der Waals surface area contributed by atoms with Gasteiger partial charge in [0.2, 0.25) is 0 Å². The van der Waals surface area contributed by atoms with E-state index in [1.807, 2.05) is 0 Å². The van der Waals surface area contributed by atoms with Gasteiger partial charge in [0.05, 0.1) is 12.7 Å². The van der Waals surface area contributed by atoms with Crippen LogP contribution in [0.2, 0.25) is 0 Å². The Hall–Kier alpha value is -1.28. The van der Waals surface area contributed by atoms with Gasteiger partial charge >= 0.3 is 0 Å². The van der Waals surface area contributed by atoms with Crippen LogP contribution in [0, 0.1) is 0 Å². The lowest BCUT2D eigenvalue weighted by Crippen LogP contribution is -2.14. The largest absolute Gasteiger partial charge is 0.372 e. The maximum absolute atomic E-state index is 5.83. The number of H-pyrrole nitrogens is 1. The SMILES string of the molecule is CCc1cccc2c3c([nH]c12)C(CC)OCC3. The molecule has 90 valence electrons. The van der Waals surface area contributed by atoms with E-state index in [1.54, 1.807) is 0 Å². The van der Waals surface area contributed by atoms with Crippen molar-refractivity contribution in [3.63, 3.8) is 0 Å². The van der Waals surface area contributed by atoms with Crippen molar-refractivity contribution in [2.45, 2.75) is 39.2 Å². The van der Waals surface area contributed by atoms with E-state index in [2.05, 4.69) is 37.0 Å². The van der Waals surface area contributed by atoms with E-state index in [4.69, 9.17) is 4.74 Å². The molecule has 1 aromatic heterocycles. The number of nitrogens with one attached hydrogen (secondary N) is 1. The van der Waals surface area contributed by atoms with E-state index in [0.717, 1.165) is 25.9 Å². The fourth-order valence-corrected chi connectivity index (χ4v) is 2.90. The van der Waals surface area contributed by atoms with E-state index in [0.29, 0.717) is 0 Å². The van der Waals surface area contributed by atoms with Crippen LogP contribution in [0.25, 0.3) is 10.9 Å². The highest BCUT2D eigenvalue weighted by atomic mass is 16.5. The summed E-state index contributed by atoms with van der Waals surface area (Å²) in [4.78, 5) is 3.61. The third-order valence-corrected chi connectivity index (χ3v) is 3.81. The number of aryl methyl sites for hydroxylation is 1. The molecular weight excluding hydrogens is 210 g/mol. The number of hydrogen-bond donors (Lipinski definition) is 1. The van der Waals surface area contributed by atoms with Crippen molar-refractivity contribution in [2.24, 2.45) is 0 Å². The Morgan fingerprint density at radius 1 is 1.35 bits per heavy atom. The zero-order valence-electron chi connectivity index (χ0n) is 10.5. The first-order chi connectivity index (χ1) is 8.35. The molecule has 1 atom stereocenters. The molecule has 0 amide bonds. The van der Waals surface area contributed by atoms with Gasteiger partial charge in [0.1, 0.15) is 0 Å². The summed E-state index contributed by atoms with van der Waals surface area (Å²) in [5.74, 6) is 0. The maximum Gasteiger partial charge on any atom is 0.0973 e. The van der Waals surface area contributed by atoms with Crippen molar-refractivity contribution in [1.29, 1.82) is 0 Å². The van der Waals surface area contributed by atoms with Gasteiger partial charge in [0.15, 0.2) is 0 Å². The Morgan fingerprint density at radius 2 is 2.24 bits per heavy atom. The van der Waals surface area contributed by atoms with Gasteiger partial charge in [-0.05, 0) is 30.4 Å². The number of aromatic nitrogens is 1. The van der Waals surface area contributed by atoms with E-state index < -0.39 is 0 Å². The van der Waals surface area contributed by atoms with Crippen molar-refractivity contribution in [1.82, 2.24) is 4.98 Å². The van der Waals surface area contributed by atoms with Crippen molar-refractivity contribution < 1.29 is 4.74 Å². The van der Waals surface area contributed by atoms with Gasteiger partial charge in [0, 0.05) is 16.6 Å². The van der Waals surface area contributed by atoms with Gasteiger partial charge in [0.25, 0.3) is 0 Å². The number of para-hydroxylation sites is 1. The lowest BCUT2D eigenvalue weighted by atomic mass is 10.00. The highest BCUT2D eigenvalue weighted by Crippen LogP contribution is 2.35.